The number of carbonyl (C=O) groups is 4. The molecule has 14 nitrogen and oxygen atoms in total. The number of imide groups is 1. The zero-order valence-electron chi connectivity index (χ0n) is 33.0. The first-order chi connectivity index (χ1) is 28.1. The van der Waals surface area contributed by atoms with Crippen LogP contribution in [0.1, 0.15) is 89.8 Å². The monoisotopic (exact) mass is 806 g/mol. The quantitative estimate of drug-likeness (QED) is 0.200. The zero-order valence-corrected chi connectivity index (χ0v) is 33.8. The molecule has 5 amide bonds. The number of imidazole rings is 1. The third-order valence-electron chi connectivity index (χ3n) is 13.7. The number of nitrogens with one attached hydrogen (secondary N) is 2. The molecule has 0 bridgehead atoms. The van der Waals surface area contributed by atoms with Crippen molar-refractivity contribution in [3.05, 3.63) is 76.1 Å². The Labute approximate surface area is 343 Å². The maximum absolute atomic E-state index is 13.6. The number of fused-ring (bicyclic) bond motifs is 2. The van der Waals surface area contributed by atoms with Crippen LogP contribution in [0, 0.1) is 11.3 Å². The average molecular weight is 807 g/mol. The van der Waals surface area contributed by atoms with Gasteiger partial charge in [0.1, 0.15) is 5.69 Å². The van der Waals surface area contributed by atoms with E-state index >= 15 is 0 Å². The Bertz CT molecular complexity index is 2270. The summed E-state index contributed by atoms with van der Waals surface area (Å²) < 4.78 is 1.54. The van der Waals surface area contributed by atoms with Crippen LogP contribution in [-0.4, -0.2) is 101 Å². The molecule has 6 heterocycles. The van der Waals surface area contributed by atoms with Crippen molar-refractivity contribution in [1.29, 1.82) is 0 Å². The highest BCUT2D eigenvalue weighted by molar-refractivity contribution is 6.34. The number of halogens is 1. The van der Waals surface area contributed by atoms with Crippen molar-refractivity contribution in [3.63, 3.8) is 0 Å². The number of likely N-dealkylation sites (tertiary alicyclic amines) is 2. The molecule has 304 valence electrons. The molecule has 15 heteroatoms. The highest BCUT2D eigenvalue weighted by atomic mass is 35.5. The summed E-state index contributed by atoms with van der Waals surface area (Å²) in [5, 5.41) is 10.7. The van der Waals surface area contributed by atoms with Crippen LogP contribution in [0.25, 0.3) is 5.65 Å². The Balaban J connectivity index is 0.769. The number of piperidine rings is 2. The van der Waals surface area contributed by atoms with Crippen LogP contribution in [-0.2, 0) is 17.6 Å². The highest BCUT2D eigenvalue weighted by Crippen LogP contribution is 2.47. The van der Waals surface area contributed by atoms with Gasteiger partial charge in [-0.25, -0.2) is 14.3 Å². The van der Waals surface area contributed by atoms with Gasteiger partial charge in [-0.2, -0.15) is 0 Å². The fourth-order valence-electron chi connectivity index (χ4n) is 10.3. The standard InChI is InChI=1S/C43H51ClN10O4/c1-46-33-25-37(49-54-36(39(45)56)26-47-40(33)54)52-19-11-31-28(3-2-4-34(31)52)23-27-9-17-50(18-10-27)30-7-13-43(14-8-30)15-21-51(22-16-43)41(57)29-5-6-32(44)35(24-29)53-20-12-38(55)48-42(53)58/h2-6,24-27,30,46H,7-23H2,1H3,(H2,45,56)(H,48,55,58). The molecule has 0 unspecified atom stereocenters. The summed E-state index contributed by atoms with van der Waals surface area (Å²) in [6, 6.07) is 13.8. The van der Waals surface area contributed by atoms with E-state index in [9.17, 15) is 19.2 Å². The minimum absolute atomic E-state index is 0.0386. The molecule has 5 aliphatic rings. The highest BCUT2D eigenvalue weighted by Gasteiger charge is 2.41. The number of aromatic nitrogens is 3. The van der Waals surface area contributed by atoms with Crippen molar-refractivity contribution in [3.8, 4) is 0 Å². The van der Waals surface area contributed by atoms with Crippen LogP contribution in [0.4, 0.5) is 27.7 Å². The Morgan fingerprint density at radius 1 is 0.914 bits per heavy atom. The fourth-order valence-corrected chi connectivity index (χ4v) is 10.5. The molecule has 9 rings (SSSR count). The lowest BCUT2D eigenvalue weighted by molar-refractivity contribution is -0.120. The van der Waals surface area contributed by atoms with Crippen molar-refractivity contribution < 1.29 is 19.2 Å². The molecule has 1 aliphatic carbocycles. The van der Waals surface area contributed by atoms with Crippen molar-refractivity contribution in [2.45, 2.75) is 76.7 Å². The Morgan fingerprint density at radius 3 is 2.40 bits per heavy atom. The Morgan fingerprint density at radius 2 is 1.67 bits per heavy atom. The minimum Gasteiger partial charge on any atom is -0.385 e. The van der Waals surface area contributed by atoms with Gasteiger partial charge in [0.2, 0.25) is 5.91 Å². The summed E-state index contributed by atoms with van der Waals surface area (Å²) in [4.78, 5) is 62.6. The third-order valence-corrected chi connectivity index (χ3v) is 14.0. The van der Waals surface area contributed by atoms with Crippen molar-refractivity contribution >= 4 is 63.9 Å². The number of nitrogens with two attached hydrogens (primary N) is 1. The number of anilines is 4. The summed E-state index contributed by atoms with van der Waals surface area (Å²) in [7, 11) is 1.84. The number of rotatable bonds is 8. The molecule has 2 aromatic carbocycles. The number of carbonyl (C=O) groups excluding carboxylic acids is 4. The van der Waals surface area contributed by atoms with E-state index in [-0.39, 0.29) is 30.5 Å². The molecule has 1 saturated carbocycles. The second kappa shape index (κ2) is 15.5. The van der Waals surface area contributed by atoms with Gasteiger partial charge in [0.15, 0.2) is 11.5 Å². The SMILES string of the molecule is CNc1cc(N2CCc3c(CC4CCN(C5CCC6(CC5)CCN(C(=O)c5ccc(Cl)c(N7CCC(=O)NC7=O)c5)CC6)CC4)cccc32)nn2c(C(N)=O)cnc12. The lowest BCUT2D eigenvalue weighted by Crippen LogP contribution is -2.50. The molecule has 2 aromatic heterocycles. The van der Waals surface area contributed by atoms with Crippen molar-refractivity contribution in [2.75, 3.05) is 61.4 Å². The first-order valence-electron chi connectivity index (χ1n) is 20.8. The van der Waals surface area contributed by atoms with Gasteiger partial charge in [0.05, 0.1) is 22.6 Å². The fraction of sp³-hybridized carbons (Fsp3) is 0.488. The average Bonchev–Trinajstić information content (AvgIpc) is 3.88. The summed E-state index contributed by atoms with van der Waals surface area (Å²) in [6.07, 6.45) is 13.0. The Hall–Kier alpha value is -5.21. The third kappa shape index (κ3) is 7.14. The number of benzene rings is 2. The largest absolute Gasteiger partial charge is 0.385 e. The van der Waals surface area contributed by atoms with Crippen molar-refractivity contribution in [1.82, 2.24) is 29.7 Å². The first kappa shape index (κ1) is 38.3. The van der Waals surface area contributed by atoms with E-state index in [1.165, 1.54) is 66.4 Å². The van der Waals surface area contributed by atoms with Gasteiger partial charge < -0.3 is 25.8 Å². The maximum Gasteiger partial charge on any atom is 0.328 e. The topological polar surface area (TPSA) is 162 Å². The molecule has 1 spiro atoms. The number of hydrogen-bond acceptors (Lipinski definition) is 9. The summed E-state index contributed by atoms with van der Waals surface area (Å²) in [6.45, 7) is 4.81. The van der Waals surface area contributed by atoms with Crippen molar-refractivity contribution in [2.24, 2.45) is 17.1 Å². The molecular weight excluding hydrogens is 756 g/mol. The van der Waals surface area contributed by atoms with Crippen LogP contribution in [0.5, 0.6) is 0 Å². The number of hydrogen-bond donors (Lipinski definition) is 3. The number of nitrogens with zero attached hydrogens (tertiary/aromatic N) is 7. The summed E-state index contributed by atoms with van der Waals surface area (Å²) in [5.74, 6) is 0.501. The van der Waals surface area contributed by atoms with Gasteiger partial charge in [0, 0.05) is 63.0 Å². The van der Waals surface area contributed by atoms with E-state index in [0.29, 0.717) is 39.3 Å². The Kier molecular flexibility index (Phi) is 10.3. The molecule has 3 saturated heterocycles. The first-order valence-corrected chi connectivity index (χ1v) is 21.2. The predicted octanol–water partition coefficient (Wildman–Crippen LogP) is 5.78. The normalized spacial score (nSPS) is 20.5. The van der Waals surface area contributed by atoms with Crippen LogP contribution < -0.4 is 26.2 Å². The molecule has 4 fully saturated rings. The van der Waals surface area contributed by atoms with E-state index in [1.54, 1.807) is 22.7 Å². The number of urea groups is 1. The van der Waals surface area contributed by atoms with E-state index < -0.39 is 11.9 Å². The van der Waals surface area contributed by atoms with Gasteiger partial charge in [-0.15, -0.1) is 5.10 Å². The van der Waals surface area contributed by atoms with E-state index in [2.05, 4.69) is 43.6 Å². The maximum atomic E-state index is 13.6. The summed E-state index contributed by atoms with van der Waals surface area (Å²) >= 11 is 6.44. The molecule has 58 heavy (non-hydrogen) atoms. The zero-order chi connectivity index (χ0) is 40.1. The lowest BCUT2D eigenvalue weighted by Gasteiger charge is -2.48. The summed E-state index contributed by atoms with van der Waals surface area (Å²) in [5.41, 5.74) is 12.5. The minimum atomic E-state index is -0.562. The van der Waals surface area contributed by atoms with Gasteiger partial charge in [-0.1, -0.05) is 23.7 Å². The molecule has 0 radical (unpaired) electrons. The second-order valence-electron chi connectivity index (χ2n) is 16.9. The molecule has 4 N–H and O–H groups in total. The molecule has 4 aromatic rings. The van der Waals surface area contributed by atoms with Gasteiger partial charge in [-0.3, -0.25) is 24.6 Å². The molecular formula is C43H51ClN10O4. The molecule has 0 atom stereocenters. The van der Waals surface area contributed by atoms with Crippen LogP contribution in [0.3, 0.4) is 0 Å². The predicted molar refractivity (Wildman–Crippen MR) is 223 cm³/mol. The lowest BCUT2D eigenvalue weighted by atomic mass is 9.66. The smallest absolute Gasteiger partial charge is 0.328 e. The van der Waals surface area contributed by atoms with E-state index in [4.69, 9.17) is 22.4 Å². The van der Waals surface area contributed by atoms with Gasteiger partial charge in [0.25, 0.3) is 11.8 Å². The number of primary amides is 1. The number of amides is 5. The van der Waals surface area contributed by atoms with Gasteiger partial charge >= 0.3 is 6.03 Å². The van der Waals surface area contributed by atoms with Gasteiger partial charge in [-0.05, 0) is 124 Å². The van der Waals surface area contributed by atoms with E-state index in [1.807, 2.05) is 18.0 Å². The van der Waals surface area contributed by atoms with E-state index in [0.717, 1.165) is 69.9 Å². The van der Waals surface area contributed by atoms with Crippen LogP contribution in [0.2, 0.25) is 5.02 Å². The van der Waals surface area contributed by atoms with Crippen LogP contribution in [0.15, 0.2) is 48.7 Å². The molecule has 4 aliphatic heterocycles. The van der Waals surface area contributed by atoms with Crippen LogP contribution >= 0.6 is 11.6 Å². The second-order valence-corrected chi connectivity index (χ2v) is 17.3.